The van der Waals surface area contributed by atoms with Crippen LogP contribution < -0.4 is 0 Å². The second-order valence-electron chi connectivity index (χ2n) is 5.40. The van der Waals surface area contributed by atoms with E-state index in [0.29, 0.717) is 0 Å². The highest BCUT2D eigenvalue weighted by Crippen LogP contribution is 2.39. The summed E-state index contributed by atoms with van der Waals surface area (Å²) in [5, 5.41) is 8.83. The van der Waals surface area contributed by atoms with E-state index >= 15 is 0 Å². The van der Waals surface area contributed by atoms with Gasteiger partial charge in [-0.25, -0.2) is 8.42 Å². The minimum absolute atomic E-state index is 0.0617. The number of halogens is 3. The first-order chi connectivity index (χ1) is 11.6. The molecule has 1 aromatic carbocycles. The van der Waals surface area contributed by atoms with Crippen LogP contribution in [0, 0.1) is 18.3 Å². The Hall–Kier alpha value is -2.44. The number of aryl methyl sites for hydroxylation is 1. The molecular formula is C16H14F3N3O2S. The highest BCUT2D eigenvalue weighted by molar-refractivity contribution is 7.89. The first kappa shape index (κ1) is 18.9. The summed E-state index contributed by atoms with van der Waals surface area (Å²) in [5.41, 5.74) is 0.489. The van der Waals surface area contributed by atoms with Crippen molar-refractivity contribution in [1.29, 1.82) is 5.26 Å². The average Bonchev–Trinajstić information content (AvgIpc) is 2.55. The van der Waals surface area contributed by atoms with Crippen LogP contribution in [-0.2, 0) is 10.0 Å². The van der Waals surface area contributed by atoms with Crippen molar-refractivity contribution in [2.45, 2.75) is 24.0 Å². The van der Waals surface area contributed by atoms with E-state index in [2.05, 4.69) is 4.98 Å². The topological polar surface area (TPSA) is 74.1 Å². The van der Waals surface area contributed by atoms with E-state index in [4.69, 9.17) is 5.26 Å². The van der Waals surface area contributed by atoms with Crippen LogP contribution in [0.25, 0.3) is 0 Å². The van der Waals surface area contributed by atoms with Gasteiger partial charge in [-0.15, -0.1) is 0 Å². The Bertz CT molecular complexity index is 903. The molecule has 0 N–H and O–H groups in total. The number of rotatable bonds is 4. The number of hydrogen-bond donors (Lipinski definition) is 0. The summed E-state index contributed by atoms with van der Waals surface area (Å²) in [6.07, 6.45) is -2.78. The second kappa shape index (κ2) is 6.82. The third-order valence-electron chi connectivity index (χ3n) is 3.59. The number of nitrogens with zero attached hydrogens (tertiary/aromatic N) is 3. The third kappa shape index (κ3) is 3.97. The normalized spacial score (nSPS) is 13.5. The summed E-state index contributed by atoms with van der Waals surface area (Å²) in [6.45, 7) is 1.71. The van der Waals surface area contributed by atoms with Crippen LogP contribution in [0.4, 0.5) is 13.2 Å². The van der Waals surface area contributed by atoms with Crippen LogP contribution in [0.1, 0.15) is 22.7 Å². The molecule has 0 saturated carbocycles. The molecule has 1 atom stereocenters. The lowest BCUT2D eigenvalue weighted by molar-refractivity contribution is -0.171. The molecule has 1 heterocycles. The number of benzene rings is 1. The first-order valence-electron chi connectivity index (χ1n) is 7.04. The van der Waals surface area contributed by atoms with Crippen LogP contribution in [0.15, 0.2) is 47.6 Å². The molecule has 1 unspecified atom stereocenters. The van der Waals surface area contributed by atoms with E-state index in [0.717, 1.165) is 31.1 Å². The molecule has 0 saturated heterocycles. The molecule has 0 fully saturated rings. The second-order valence-corrected chi connectivity index (χ2v) is 7.39. The largest absolute Gasteiger partial charge is 0.409 e. The molecule has 132 valence electrons. The third-order valence-corrected chi connectivity index (χ3v) is 5.37. The summed E-state index contributed by atoms with van der Waals surface area (Å²) in [7, 11) is -3.66. The van der Waals surface area contributed by atoms with E-state index in [1.807, 2.05) is 0 Å². The van der Waals surface area contributed by atoms with Gasteiger partial charge in [0.2, 0.25) is 10.0 Å². The fourth-order valence-corrected chi connectivity index (χ4v) is 3.60. The zero-order chi connectivity index (χ0) is 18.8. The Morgan fingerprint density at radius 1 is 1.20 bits per heavy atom. The Labute approximate surface area is 143 Å². The van der Waals surface area contributed by atoms with E-state index in [-0.39, 0.29) is 15.4 Å². The minimum atomic E-state index is -4.82. The van der Waals surface area contributed by atoms with Crippen LogP contribution >= 0.6 is 0 Å². The van der Waals surface area contributed by atoms with Crippen molar-refractivity contribution in [3.8, 4) is 6.07 Å². The Kier molecular flexibility index (Phi) is 5.15. The number of aromatic nitrogens is 1. The van der Waals surface area contributed by atoms with Gasteiger partial charge in [-0.3, -0.25) is 4.98 Å². The molecule has 9 heteroatoms. The number of nitriles is 1. The fraction of sp³-hybridized carbons (Fsp3) is 0.250. The molecule has 0 spiro atoms. The maximum Gasteiger partial charge on any atom is 0.409 e. The molecule has 0 radical (unpaired) electrons. The van der Waals surface area contributed by atoms with E-state index in [1.165, 1.54) is 24.3 Å². The number of hydrogen-bond acceptors (Lipinski definition) is 4. The standard InChI is InChI=1S/C16H14F3N3O2S/c1-11-3-5-13(6-4-11)15(16(17,18)19)22(2)25(23,24)14-7-12(8-20)9-21-10-14/h3-7,9-10,15H,1-2H3. The molecule has 0 bridgehead atoms. The molecule has 0 aliphatic carbocycles. The lowest BCUT2D eigenvalue weighted by Gasteiger charge is -2.29. The quantitative estimate of drug-likeness (QED) is 0.830. The van der Waals surface area contributed by atoms with Gasteiger partial charge < -0.3 is 0 Å². The summed E-state index contributed by atoms with van der Waals surface area (Å²) < 4.78 is 66.2. The minimum Gasteiger partial charge on any atom is -0.262 e. The first-order valence-corrected chi connectivity index (χ1v) is 8.48. The monoisotopic (exact) mass is 369 g/mol. The lowest BCUT2D eigenvalue weighted by Crippen LogP contribution is -2.39. The molecule has 1 aromatic heterocycles. The Morgan fingerprint density at radius 3 is 2.32 bits per heavy atom. The van der Waals surface area contributed by atoms with Crippen molar-refractivity contribution < 1.29 is 21.6 Å². The van der Waals surface area contributed by atoms with Gasteiger partial charge in [-0.05, 0) is 18.6 Å². The van der Waals surface area contributed by atoms with Crippen LogP contribution in [0.2, 0.25) is 0 Å². The molecule has 2 rings (SSSR count). The zero-order valence-corrected chi connectivity index (χ0v) is 14.1. The molecule has 0 aliphatic rings. The maximum atomic E-state index is 13.6. The predicted octanol–water partition coefficient (Wildman–Crippen LogP) is 3.19. The van der Waals surface area contributed by atoms with Crippen LogP contribution in [0.3, 0.4) is 0 Å². The van der Waals surface area contributed by atoms with Gasteiger partial charge in [0.15, 0.2) is 0 Å². The summed E-state index contributed by atoms with van der Waals surface area (Å²) in [5.74, 6) is 0. The highest BCUT2D eigenvalue weighted by atomic mass is 32.2. The molecular weight excluding hydrogens is 355 g/mol. The molecule has 2 aromatic rings. The van der Waals surface area contributed by atoms with Crippen molar-refractivity contribution in [2.75, 3.05) is 7.05 Å². The predicted molar refractivity (Wildman–Crippen MR) is 83.9 cm³/mol. The summed E-state index contributed by atoms with van der Waals surface area (Å²) in [4.78, 5) is 3.12. The SMILES string of the molecule is Cc1ccc(C(N(C)S(=O)(=O)c2cncc(C#N)c2)C(F)(F)F)cc1. The van der Waals surface area contributed by atoms with Gasteiger partial charge in [0.05, 0.1) is 5.56 Å². The Balaban J connectivity index is 2.53. The summed E-state index contributed by atoms with van der Waals surface area (Å²) >= 11 is 0. The number of pyridine rings is 1. The molecule has 0 amide bonds. The maximum absolute atomic E-state index is 13.6. The van der Waals surface area contributed by atoms with Crippen molar-refractivity contribution >= 4 is 10.0 Å². The fourth-order valence-electron chi connectivity index (χ4n) is 2.28. The van der Waals surface area contributed by atoms with Crippen molar-refractivity contribution in [3.05, 3.63) is 59.4 Å². The number of sulfonamides is 1. The molecule has 5 nitrogen and oxygen atoms in total. The van der Waals surface area contributed by atoms with E-state index in [1.54, 1.807) is 13.0 Å². The average molecular weight is 369 g/mol. The zero-order valence-electron chi connectivity index (χ0n) is 13.3. The highest BCUT2D eigenvalue weighted by Gasteiger charge is 2.47. The van der Waals surface area contributed by atoms with Crippen molar-refractivity contribution in [1.82, 2.24) is 9.29 Å². The van der Waals surface area contributed by atoms with Crippen molar-refractivity contribution in [3.63, 3.8) is 0 Å². The van der Waals surface area contributed by atoms with Gasteiger partial charge in [-0.2, -0.15) is 22.7 Å². The van der Waals surface area contributed by atoms with E-state index < -0.39 is 27.1 Å². The van der Waals surface area contributed by atoms with Gasteiger partial charge in [0.1, 0.15) is 17.0 Å². The lowest BCUT2D eigenvalue weighted by atomic mass is 10.1. The van der Waals surface area contributed by atoms with E-state index in [9.17, 15) is 21.6 Å². The van der Waals surface area contributed by atoms with Crippen LogP contribution in [0.5, 0.6) is 0 Å². The molecule has 25 heavy (non-hydrogen) atoms. The smallest absolute Gasteiger partial charge is 0.262 e. The van der Waals surface area contributed by atoms with Crippen molar-refractivity contribution in [2.24, 2.45) is 0 Å². The van der Waals surface area contributed by atoms with Crippen LogP contribution in [-0.4, -0.2) is 30.9 Å². The number of alkyl halides is 3. The molecule has 0 aliphatic heterocycles. The van der Waals surface area contributed by atoms with Gasteiger partial charge >= 0.3 is 6.18 Å². The summed E-state index contributed by atoms with van der Waals surface area (Å²) in [6, 6.07) is 5.77. The van der Waals surface area contributed by atoms with Gasteiger partial charge in [0.25, 0.3) is 0 Å². The Morgan fingerprint density at radius 2 is 1.80 bits per heavy atom. The van der Waals surface area contributed by atoms with Gasteiger partial charge in [-0.1, -0.05) is 29.8 Å². The van der Waals surface area contributed by atoms with Gasteiger partial charge in [0, 0.05) is 19.4 Å².